The molecule has 118 valence electrons. The molecule has 0 saturated carbocycles. The normalized spacial score (nSPS) is 27.3. The summed E-state index contributed by atoms with van der Waals surface area (Å²) in [6, 6.07) is -0.975. The van der Waals surface area contributed by atoms with Crippen molar-refractivity contribution in [1.29, 1.82) is 0 Å². The molecule has 7 heteroatoms. The Labute approximate surface area is 123 Å². The maximum atomic E-state index is 12.2. The molecular formula is C14H21NO6. The van der Waals surface area contributed by atoms with E-state index in [1.54, 1.807) is 6.92 Å². The second-order valence-corrected chi connectivity index (χ2v) is 5.05. The van der Waals surface area contributed by atoms with Gasteiger partial charge in [-0.3, -0.25) is 9.59 Å². The molecule has 1 N–H and O–H groups in total. The lowest BCUT2D eigenvalue weighted by Gasteiger charge is -2.44. The van der Waals surface area contributed by atoms with Gasteiger partial charge in [-0.05, 0) is 6.42 Å². The van der Waals surface area contributed by atoms with Crippen LogP contribution in [0, 0.1) is 5.92 Å². The van der Waals surface area contributed by atoms with Gasteiger partial charge in [-0.2, -0.15) is 0 Å². The van der Waals surface area contributed by atoms with Crippen LogP contribution in [0.3, 0.4) is 0 Å². The molecule has 1 aliphatic rings. The molecule has 7 nitrogen and oxygen atoms in total. The summed E-state index contributed by atoms with van der Waals surface area (Å²) in [4.78, 5) is 37.0. The van der Waals surface area contributed by atoms with Crippen molar-refractivity contribution >= 4 is 17.8 Å². The quantitative estimate of drug-likeness (QED) is 0.574. The van der Waals surface area contributed by atoms with E-state index in [-0.39, 0.29) is 18.4 Å². The van der Waals surface area contributed by atoms with E-state index < -0.39 is 35.4 Å². The van der Waals surface area contributed by atoms with Gasteiger partial charge >= 0.3 is 11.9 Å². The van der Waals surface area contributed by atoms with Gasteiger partial charge in [-0.25, -0.2) is 4.79 Å². The molecule has 1 amide bonds. The molecule has 0 radical (unpaired) electrons. The summed E-state index contributed by atoms with van der Waals surface area (Å²) in [6.45, 7) is 5.29. The van der Waals surface area contributed by atoms with Crippen molar-refractivity contribution in [2.45, 2.75) is 31.4 Å². The summed E-state index contributed by atoms with van der Waals surface area (Å²) < 4.78 is 9.32. The first-order valence-corrected chi connectivity index (χ1v) is 6.59. The number of esters is 2. The van der Waals surface area contributed by atoms with E-state index in [1.165, 1.54) is 21.3 Å². The van der Waals surface area contributed by atoms with E-state index in [0.29, 0.717) is 0 Å². The van der Waals surface area contributed by atoms with Gasteiger partial charge in [-0.15, -0.1) is 0 Å². The summed E-state index contributed by atoms with van der Waals surface area (Å²) in [7, 11) is 3.82. The lowest BCUT2D eigenvalue weighted by atomic mass is 9.72. The van der Waals surface area contributed by atoms with Gasteiger partial charge in [0.2, 0.25) is 0 Å². The zero-order valence-electron chi connectivity index (χ0n) is 12.7. The Bertz CT molecular complexity index is 474. The van der Waals surface area contributed by atoms with Crippen LogP contribution in [-0.2, 0) is 23.9 Å². The van der Waals surface area contributed by atoms with E-state index in [1.807, 2.05) is 0 Å². The number of amides is 1. The smallest absolute Gasteiger partial charge is 0.328 e. The minimum Gasteiger partial charge on any atom is -0.469 e. The SMILES string of the molecule is C=C1C(=O)N(C)C(C(=O)OC)CC1(O)C(CC)C(=O)OC. The van der Waals surface area contributed by atoms with Gasteiger partial charge in [0, 0.05) is 19.0 Å². The first-order valence-electron chi connectivity index (χ1n) is 6.59. The molecule has 0 aromatic carbocycles. The molecule has 3 atom stereocenters. The van der Waals surface area contributed by atoms with Crippen molar-refractivity contribution < 1.29 is 29.0 Å². The summed E-state index contributed by atoms with van der Waals surface area (Å²) in [5.41, 5.74) is -1.95. The molecular weight excluding hydrogens is 278 g/mol. The summed E-state index contributed by atoms with van der Waals surface area (Å²) >= 11 is 0. The number of methoxy groups -OCH3 is 2. The van der Waals surface area contributed by atoms with Crippen molar-refractivity contribution in [2.24, 2.45) is 5.92 Å². The third kappa shape index (κ3) is 2.78. The highest BCUT2D eigenvalue weighted by atomic mass is 16.5. The fourth-order valence-corrected chi connectivity index (χ4v) is 2.67. The van der Waals surface area contributed by atoms with Crippen molar-refractivity contribution in [2.75, 3.05) is 21.3 Å². The van der Waals surface area contributed by atoms with Crippen LogP contribution in [0.2, 0.25) is 0 Å². The number of nitrogens with zero attached hydrogens (tertiary/aromatic N) is 1. The standard InChI is InChI=1S/C14H21NO6/c1-6-9(12(17)20-4)14(19)7-10(13(18)21-5)15(3)11(16)8(14)2/h9-10,19H,2,6-7H2,1,3-5H3. The van der Waals surface area contributed by atoms with Crippen molar-refractivity contribution in [3.05, 3.63) is 12.2 Å². The number of aliphatic hydroxyl groups is 1. The Morgan fingerprint density at radius 2 is 2.05 bits per heavy atom. The number of likely N-dealkylation sites (tertiary alicyclic amines) is 1. The largest absolute Gasteiger partial charge is 0.469 e. The third-order valence-corrected chi connectivity index (χ3v) is 4.02. The van der Waals surface area contributed by atoms with Gasteiger partial charge in [0.1, 0.15) is 11.6 Å². The summed E-state index contributed by atoms with van der Waals surface area (Å²) in [5.74, 6) is -2.88. The van der Waals surface area contributed by atoms with Crippen molar-refractivity contribution in [3.8, 4) is 0 Å². The highest BCUT2D eigenvalue weighted by Gasteiger charge is 2.53. The van der Waals surface area contributed by atoms with E-state index in [0.717, 1.165) is 4.90 Å². The summed E-state index contributed by atoms with van der Waals surface area (Å²) in [6.07, 6.45) is 0.0848. The first-order chi connectivity index (χ1) is 9.74. The molecule has 0 spiro atoms. The fraction of sp³-hybridized carbons (Fsp3) is 0.643. The Balaban J connectivity index is 3.25. The molecule has 0 bridgehead atoms. The number of carbonyl (C=O) groups excluding carboxylic acids is 3. The minimum atomic E-state index is -1.83. The Morgan fingerprint density at radius 1 is 1.48 bits per heavy atom. The zero-order chi connectivity index (χ0) is 16.4. The second kappa shape index (κ2) is 6.26. The van der Waals surface area contributed by atoms with E-state index in [2.05, 4.69) is 16.1 Å². The van der Waals surface area contributed by atoms with Crippen LogP contribution in [0.5, 0.6) is 0 Å². The zero-order valence-corrected chi connectivity index (χ0v) is 12.7. The molecule has 1 saturated heterocycles. The van der Waals surface area contributed by atoms with Crippen LogP contribution in [0.1, 0.15) is 19.8 Å². The average molecular weight is 299 g/mol. The fourth-order valence-electron chi connectivity index (χ4n) is 2.67. The number of hydrogen-bond donors (Lipinski definition) is 1. The molecule has 0 aromatic heterocycles. The van der Waals surface area contributed by atoms with E-state index in [4.69, 9.17) is 0 Å². The van der Waals surface area contributed by atoms with Crippen LogP contribution in [0.15, 0.2) is 12.2 Å². The molecule has 3 unspecified atom stereocenters. The molecule has 1 aliphatic heterocycles. The number of likely N-dealkylation sites (N-methyl/N-ethyl adjacent to an activating group) is 1. The minimum absolute atomic E-state index is 0.123. The highest BCUT2D eigenvalue weighted by Crippen LogP contribution is 2.39. The maximum Gasteiger partial charge on any atom is 0.328 e. The maximum absolute atomic E-state index is 12.2. The lowest BCUT2D eigenvalue weighted by molar-refractivity contribution is -0.167. The van der Waals surface area contributed by atoms with Crippen LogP contribution in [0.25, 0.3) is 0 Å². The predicted octanol–water partition coefficient (Wildman–Crippen LogP) is -0.123. The Kier molecular flexibility index (Phi) is 5.11. The average Bonchev–Trinajstić information content (AvgIpc) is 2.48. The molecule has 1 rings (SSSR count). The Hall–Kier alpha value is -1.89. The van der Waals surface area contributed by atoms with Gasteiger partial charge < -0.3 is 19.5 Å². The monoisotopic (exact) mass is 299 g/mol. The topological polar surface area (TPSA) is 93.1 Å². The molecule has 1 heterocycles. The number of piperidine rings is 1. The van der Waals surface area contributed by atoms with Gasteiger partial charge in [0.15, 0.2) is 0 Å². The third-order valence-electron chi connectivity index (χ3n) is 4.02. The highest BCUT2D eigenvalue weighted by molar-refractivity contribution is 6.00. The molecule has 21 heavy (non-hydrogen) atoms. The van der Waals surface area contributed by atoms with Crippen LogP contribution >= 0.6 is 0 Å². The van der Waals surface area contributed by atoms with Crippen LogP contribution < -0.4 is 0 Å². The second-order valence-electron chi connectivity index (χ2n) is 5.05. The van der Waals surface area contributed by atoms with E-state index >= 15 is 0 Å². The molecule has 1 fully saturated rings. The van der Waals surface area contributed by atoms with Crippen molar-refractivity contribution in [1.82, 2.24) is 4.90 Å². The first kappa shape index (κ1) is 17.2. The molecule has 0 aromatic rings. The number of ether oxygens (including phenoxy) is 2. The van der Waals surface area contributed by atoms with Crippen LogP contribution in [0.4, 0.5) is 0 Å². The number of rotatable bonds is 4. The van der Waals surface area contributed by atoms with Crippen LogP contribution in [-0.4, -0.2) is 60.8 Å². The summed E-state index contributed by atoms with van der Waals surface area (Å²) in [5, 5.41) is 10.8. The number of hydrogen-bond acceptors (Lipinski definition) is 6. The van der Waals surface area contributed by atoms with Crippen molar-refractivity contribution in [3.63, 3.8) is 0 Å². The molecule has 0 aliphatic carbocycles. The van der Waals surface area contributed by atoms with E-state index in [9.17, 15) is 19.5 Å². The number of carbonyl (C=O) groups is 3. The van der Waals surface area contributed by atoms with Gasteiger partial charge in [-0.1, -0.05) is 13.5 Å². The lowest BCUT2D eigenvalue weighted by Crippen LogP contribution is -2.60. The predicted molar refractivity (Wildman–Crippen MR) is 73.1 cm³/mol. The van der Waals surface area contributed by atoms with Gasteiger partial charge in [0.25, 0.3) is 5.91 Å². The Morgan fingerprint density at radius 3 is 2.48 bits per heavy atom. The van der Waals surface area contributed by atoms with Gasteiger partial charge in [0.05, 0.1) is 20.1 Å².